The number of nitro groups is 1. The smallest absolute Gasteiger partial charge is 0.329 e. The van der Waals surface area contributed by atoms with Crippen molar-refractivity contribution in [1.29, 1.82) is 0 Å². The molecule has 1 saturated carbocycles. The SMILES string of the molecule is CNC(=O)CN(C)c1ncc([N+](=O)[O-])c(NC2CC2)n1. The van der Waals surface area contributed by atoms with Gasteiger partial charge in [0.15, 0.2) is 0 Å². The summed E-state index contributed by atoms with van der Waals surface area (Å²) in [5, 5.41) is 16.4. The summed E-state index contributed by atoms with van der Waals surface area (Å²) in [7, 11) is 3.18. The van der Waals surface area contributed by atoms with Crippen LogP contribution >= 0.6 is 0 Å². The average molecular weight is 280 g/mol. The van der Waals surface area contributed by atoms with Crippen molar-refractivity contribution < 1.29 is 9.72 Å². The van der Waals surface area contributed by atoms with Crippen LogP contribution in [0, 0.1) is 10.1 Å². The van der Waals surface area contributed by atoms with Crippen LogP contribution in [0.25, 0.3) is 0 Å². The second-order valence-corrected chi connectivity index (χ2v) is 4.61. The molecule has 108 valence electrons. The molecule has 0 atom stereocenters. The molecule has 0 bridgehead atoms. The Morgan fingerprint density at radius 1 is 1.60 bits per heavy atom. The summed E-state index contributed by atoms with van der Waals surface area (Å²) >= 11 is 0. The van der Waals surface area contributed by atoms with E-state index in [1.165, 1.54) is 11.9 Å². The Labute approximate surface area is 115 Å². The van der Waals surface area contributed by atoms with Gasteiger partial charge in [-0.1, -0.05) is 0 Å². The largest absolute Gasteiger partial charge is 0.361 e. The molecule has 1 fully saturated rings. The zero-order valence-corrected chi connectivity index (χ0v) is 11.3. The molecule has 1 aromatic heterocycles. The number of carbonyl (C=O) groups excluding carboxylic acids is 1. The number of amides is 1. The molecule has 0 radical (unpaired) electrons. The number of hydrogen-bond acceptors (Lipinski definition) is 7. The van der Waals surface area contributed by atoms with Crippen LogP contribution in [-0.2, 0) is 4.79 Å². The molecule has 0 unspecified atom stereocenters. The Morgan fingerprint density at radius 2 is 2.30 bits per heavy atom. The van der Waals surface area contributed by atoms with Crippen LogP contribution in [0.2, 0.25) is 0 Å². The normalized spacial score (nSPS) is 13.7. The molecule has 0 aliphatic heterocycles. The number of anilines is 2. The van der Waals surface area contributed by atoms with Crippen LogP contribution in [0.4, 0.5) is 17.5 Å². The summed E-state index contributed by atoms with van der Waals surface area (Å²) in [5.41, 5.74) is -0.158. The minimum atomic E-state index is -0.521. The van der Waals surface area contributed by atoms with Gasteiger partial charge in [-0.05, 0) is 12.8 Å². The van der Waals surface area contributed by atoms with E-state index in [1.54, 1.807) is 7.05 Å². The third-order valence-corrected chi connectivity index (χ3v) is 2.87. The monoisotopic (exact) mass is 280 g/mol. The van der Waals surface area contributed by atoms with Gasteiger partial charge in [-0.25, -0.2) is 4.98 Å². The van der Waals surface area contributed by atoms with E-state index in [4.69, 9.17) is 0 Å². The second-order valence-electron chi connectivity index (χ2n) is 4.61. The van der Waals surface area contributed by atoms with Gasteiger partial charge in [0.05, 0.1) is 11.5 Å². The molecule has 2 rings (SSSR count). The lowest BCUT2D eigenvalue weighted by Gasteiger charge is -2.16. The van der Waals surface area contributed by atoms with E-state index in [1.807, 2.05) is 0 Å². The van der Waals surface area contributed by atoms with Crippen LogP contribution in [0.5, 0.6) is 0 Å². The number of carbonyl (C=O) groups is 1. The van der Waals surface area contributed by atoms with Gasteiger partial charge < -0.3 is 15.5 Å². The number of rotatable bonds is 6. The fourth-order valence-corrected chi connectivity index (χ4v) is 1.58. The molecule has 20 heavy (non-hydrogen) atoms. The standard InChI is InChI=1S/C11H16N6O3/c1-12-9(18)6-16(2)11-13-5-8(17(19)20)10(15-11)14-7-3-4-7/h5,7H,3-4,6H2,1-2H3,(H,12,18)(H,13,14,15). The number of nitrogens with zero attached hydrogens (tertiary/aromatic N) is 4. The van der Waals surface area contributed by atoms with Crippen molar-refractivity contribution in [2.75, 3.05) is 30.9 Å². The van der Waals surface area contributed by atoms with E-state index in [0.29, 0.717) is 0 Å². The van der Waals surface area contributed by atoms with Crippen molar-refractivity contribution in [3.63, 3.8) is 0 Å². The fourth-order valence-electron chi connectivity index (χ4n) is 1.58. The Bertz CT molecular complexity index is 531. The van der Waals surface area contributed by atoms with Crippen molar-refractivity contribution in [2.45, 2.75) is 18.9 Å². The van der Waals surface area contributed by atoms with Gasteiger partial charge in [-0.3, -0.25) is 14.9 Å². The highest BCUT2D eigenvalue weighted by Gasteiger charge is 2.27. The van der Waals surface area contributed by atoms with Crippen molar-refractivity contribution in [3.05, 3.63) is 16.3 Å². The molecule has 1 aliphatic carbocycles. The summed E-state index contributed by atoms with van der Waals surface area (Å²) in [5.74, 6) is 0.278. The quantitative estimate of drug-likeness (QED) is 0.563. The van der Waals surface area contributed by atoms with Gasteiger partial charge >= 0.3 is 5.69 Å². The first kappa shape index (κ1) is 14.0. The number of aromatic nitrogens is 2. The van der Waals surface area contributed by atoms with E-state index in [-0.39, 0.29) is 35.9 Å². The Balaban J connectivity index is 2.21. The van der Waals surface area contributed by atoms with Gasteiger partial charge in [-0.2, -0.15) is 4.98 Å². The minimum Gasteiger partial charge on any atom is -0.361 e. The molecule has 0 saturated heterocycles. The molecule has 1 aliphatic rings. The molecule has 0 aromatic carbocycles. The lowest BCUT2D eigenvalue weighted by atomic mass is 10.4. The molecule has 2 N–H and O–H groups in total. The maximum atomic E-state index is 11.3. The van der Waals surface area contributed by atoms with Crippen molar-refractivity contribution in [2.24, 2.45) is 0 Å². The number of hydrogen-bond donors (Lipinski definition) is 2. The third kappa shape index (κ3) is 3.31. The Hall–Kier alpha value is -2.45. The van der Waals surface area contributed by atoms with Crippen molar-refractivity contribution >= 4 is 23.4 Å². The van der Waals surface area contributed by atoms with Gasteiger partial charge in [0.25, 0.3) is 0 Å². The van der Waals surface area contributed by atoms with E-state index in [0.717, 1.165) is 19.0 Å². The molecule has 1 heterocycles. The zero-order valence-electron chi connectivity index (χ0n) is 11.3. The minimum absolute atomic E-state index is 0.0805. The molecule has 9 heteroatoms. The summed E-state index contributed by atoms with van der Waals surface area (Å²) in [6, 6.07) is 0.237. The van der Waals surface area contributed by atoms with Gasteiger partial charge in [0.2, 0.25) is 17.7 Å². The first-order valence-corrected chi connectivity index (χ1v) is 6.21. The van der Waals surface area contributed by atoms with E-state index < -0.39 is 4.92 Å². The lowest BCUT2D eigenvalue weighted by Crippen LogP contribution is -2.34. The molecule has 0 spiro atoms. The van der Waals surface area contributed by atoms with Crippen LogP contribution in [0.3, 0.4) is 0 Å². The predicted molar refractivity (Wildman–Crippen MR) is 72.7 cm³/mol. The summed E-state index contributed by atoms with van der Waals surface area (Å²) in [6.07, 6.45) is 3.11. The van der Waals surface area contributed by atoms with Gasteiger partial charge in [-0.15, -0.1) is 0 Å². The maximum Gasteiger partial charge on any atom is 0.329 e. The predicted octanol–water partition coefficient (Wildman–Crippen LogP) is 0.141. The van der Waals surface area contributed by atoms with E-state index >= 15 is 0 Å². The Morgan fingerprint density at radius 3 is 2.85 bits per heavy atom. The molecule has 1 amide bonds. The fraction of sp³-hybridized carbons (Fsp3) is 0.545. The van der Waals surface area contributed by atoms with Gasteiger partial charge in [0, 0.05) is 20.1 Å². The molecular formula is C11H16N6O3. The second kappa shape index (κ2) is 5.68. The van der Waals surface area contributed by atoms with E-state index in [2.05, 4.69) is 20.6 Å². The molecule has 9 nitrogen and oxygen atoms in total. The number of likely N-dealkylation sites (N-methyl/N-ethyl adjacent to an activating group) is 2. The first-order chi connectivity index (χ1) is 9.51. The van der Waals surface area contributed by atoms with E-state index in [9.17, 15) is 14.9 Å². The van der Waals surface area contributed by atoms with Crippen LogP contribution in [-0.4, -0.2) is 47.5 Å². The zero-order chi connectivity index (χ0) is 14.7. The van der Waals surface area contributed by atoms with Crippen LogP contribution in [0.1, 0.15) is 12.8 Å². The van der Waals surface area contributed by atoms with Crippen LogP contribution in [0.15, 0.2) is 6.20 Å². The van der Waals surface area contributed by atoms with Crippen LogP contribution < -0.4 is 15.5 Å². The van der Waals surface area contributed by atoms with Gasteiger partial charge in [0.1, 0.15) is 6.20 Å². The molecular weight excluding hydrogens is 264 g/mol. The highest BCUT2D eigenvalue weighted by Crippen LogP contribution is 2.29. The van der Waals surface area contributed by atoms with Crippen molar-refractivity contribution in [3.8, 4) is 0 Å². The molecule has 1 aromatic rings. The number of nitrogens with one attached hydrogen (secondary N) is 2. The highest BCUT2D eigenvalue weighted by atomic mass is 16.6. The maximum absolute atomic E-state index is 11.3. The summed E-state index contributed by atoms with van der Waals surface area (Å²) in [4.78, 5) is 31.3. The Kier molecular flexibility index (Phi) is 3.97. The topological polar surface area (TPSA) is 113 Å². The third-order valence-electron chi connectivity index (χ3n) is 2.87. The lowest BCUT2D eigenvalue weighted by molar-refractivity contribution is -0.384. The average Bonchev–Trinajstić information content (AvgIpc) is 3.22. The summed E-state index contributed by atoms with van der Waals surface area (Å²) in [6.45, 7) is 0.0805. The first-order valence-electron chi connectivity index (χ1n) is 6.21. The van der Waals surface area contributed by atoms with Crippen molar-refractivity contribution in [1.82, 2.24) is 15.3 Å². The highest BCUT2D eigenvalue weighted by molar-refractivity contribution is 5.80. The summed E-state index contributed by atoms with van der Waals surface area (Å²) < 4.78 is 0.